The van der Waals surface area contributed by atoms with E-state index in [2.05, 4.69) is 14.1 Å². The summed E-state index contributed by atoms with van der Waals surface area (Å²) in [6, 6.07) is 0. The molecule has 1 aliphatic heterocycles. The minimum atomic E-state index is -0.0189. The van der Waals surface area contributed by atoms with E-state index in [0.29, 0.717) is 0 Å². The zero-order chi connectivity index (χ0) is 10.6. The highest BCUT2D eigenvalue weighted by Gasteiger charge is 2.22. The maximum atomic E-state index is 11.7. The number of hydrogen-bond acceptors (Lipinski definition) is 3. The Bertz CT molecular complexity index is 235. The number of nitrogens with zero attached hydrogens (tertiary/aromatic N) is 1. The molecule has 5 heteroatoms. The van der Waals surface area contributed by atoms with Crippen LogP contribution in [0.1, 0.15) is 25.7 Å². The van der Waals surface area contributed by atoms with Crippen LogP contribution in [0, 0.1) is 5.92 Å². The van der Waals surface area contributed by atoms with Gasteiger partial charge in [0.15, 0.2) is 7.85 Å². The lowest BCUT2D eigenvalue weighted by atomic mass is 9.90. The van der Waals surface area contributed by atoms with E-state index in [1.807, 2.05) is 0 Å². The summed E-state index contributed by atoms with van der Waals surface area (Å²) in [5, 5.41) is 0. The molecule has 0 radical (unpaired) electrons. The van der Waals surface area contributed by atoms with Crippen LogP contribution in [0.15, 0.2) is 0 Å². The third-order valence-electron chi connectivity index (χ3n) is 2.58. The van der Waals surface area contributed by atoms with E-state index < -0.39 is 0 Å². The van der Waals surface area contributed by atoms with Crippen molar-refractivity contribution in [3.8, 4) is 0 Å². The molecule has 0 aromatic heterocycles. The van der Waals surface area contributed by atoms with Gasteiger partial charge in [0.2, 0.25) is 0 Å². The fourth-order valence-corrected chi connectivity index (χ4v) is 2.26. The van der Waals surface area contributed by atoms with Crippen LogP contribution in [-0.4, -0.2) is 37.1 Å². The van der Waals surface area contributed by atoms with Crippen LogP contribution in [0.4, 0.5) is 0 Å². The van der Waals surface area contributed by atoms with E-state index in [0.717, 1.165) is 32.4 Å². The number of Topliss-reactive ketones (excluding diaryl/α,β-unsaturated/α-hetero) is 1. The summed E-state index contributed by atoms with van der Waals surface area (Å²) in [6.07, 6.45) is 3.30. The predicted molar refractivity (Wildman–Crippen MR) is 61.8 cm³/mol. The zero-order valence-electron chi connectivity index (χ0n) is 8.66. The van der Waals surface area contributed by atoms with Crippen LogP contribution in [0.5, 0.6) is 0 Å². The first-order chi connectivity index (χ1) is 6.59. The van der Waals surface area contributed by atoms with Crippen molar-refractivity contribution in [3.05, 3.63) is 0 Å². The Morgan fingerprint density at radius 1 is 1.43 bits per heavy atom. The molecule has 2 atom stereocenters. The first-order valence-corrected chi connectivity index (χ1v) is 5.63. The van der Waals surface area contributed by atoms with E-state index in [9.17, 15) is 9.59 Å². The Balaban J connectivity index is 2.48. The molecule has 0 amide bonds. The van der Waals surface area contributed by atoms with Crippen LogP contribution in [-0.2, 0) is 9.59 Å². The fraction of sp³-hybridized carbons (Fsp3) is 0.778. The first-order valence-electron chi connectivity index (χ1n) is 5.11. The molecule has 0 aromatic carbocycles. The van der Waals surface area contributed by atoms with Crippen LogP contribution in [0.25, 0.3) is 0 Å². The van der Waals surface area contributed by atoms with Crippen molar-refractivity contribution in [2.45, 2.75) is 25.7 Å². The van der Waals surface area contributed by atoms with Gasteiger partial charge < -0.3 is 4.79 Å². The maximum absolute atomic E-state index is 11.7. The molecule has 0 aromatic rings. The van der Waals surface area contributed by atoms with E-state index in [1.54, 1.807) is 0 Å². The molecule has 2 unspecified atom stereocenters. The molecule has 1 rings (SSSR count). The van der Waals surface area contributed by atoms with Crippen molar-refractivity contribution < 1.29 is 9.59 Å². The largest absolute Gasteiger partial charge is 0.312 e. The minimum Gasteiger partial charge on any atom is -0.312 e. The quantitative estimate of drug-likeness (QED) is 0.376. The monoisotopic (exact) mass is 213 g/mol. The van der Waals surface area contributed by atoms with Crippen molar-refractivity contribution in [1.29, 1.82) is 0 Å². The number of carbonyl (C=O) groups is 2. The van der Waals surface area contributed by atoms with Gasteiger partial charge in [0, 0.05) is 19.0 Å². The van der Waals surface area contributed by atoms with Crippen LogP contribution in [0.3, 0.4) is 0 Å². The molecule has 3 nitrogen and oxygen atoms in total. The molecule has 0 bridgehead atoms. The van der Waals surface area contributed by atoms with Crippen molar-refractivity contribution >= 4 is 28.7 Å². The van der Waals surface area contributed by atoms with Gasteiger partial charge in [-0.25, -0.2) is 0 Å². The summed E-state index contributed by atoms with van der Waals surface area (Å²) < 4.78 is 2.11. The highest BCUT2D eigenvalue weighted by molar-refractivity contribution is 7.13. The highest BCUT2D eigenvalue weighted by Crippen LogP contribution is 2.20. The second-order valence-corrected chi connectivity index (χ2v) is 4.76. The Labute approximate surface area is 88.3 Å². The van der Waals surface area contributed by atoms with E-state index in [4.69, 9.17) is 0 Å². The molecule has 14 heavy (non-hydrogen) atoms. The molecular formula is C9H17BNO2P. The normalized spacial score (nSPS) is 24.2. The maximum Gasteiger partial charge on any atom is 0.187 e. The molecule has 78 valence electrons. The van der Waals surface area contributed by atoms with Gasteiger partial charge in [-0.3, -0.25) is 9.46 Å². The standard InChI is InChI=1S/C9H17BNO2P/c10-9(13)5-8(12)7-3-1-2-4-11(14)6-7/h7H,1-6,10,14H2. The summed E-state index contributed by atoms with van der Waals surface area (Å²) in [7, 11) is 4.13. The van der Waals surface area contributed by atoms with Gasteiger partial charge in [0.25, 0.3) is 0 Å². The van der Waals surface area contributed by atoms with Crippen LogP contribution >= 0.6 is 9.39 Å². The lowest BCUT2D eigenvalue weighted by molar-refractivity contribution is -0.126. The molecular weight excluding hydrogens is 196 g/mol. The van der Waals surface area contributed by atoms with E-state index >= 15 is 0 Å². The van der Waals surface area contributed by atoms with Gasteiger partial charge in [-0.15, -0.1) is 0 Å². The summed E-state index contributed by atoms with van der Waals surface area (Å²) in [6.45, 7) is 1.82. The summed E-state index contributed by atoms with van der Waals surface area (Å²) >= 11 is 0. The van der Waals surface area contributed by atoms with Gasteiger partial charge >= 0.3 is 0 Å². The average Bonchev–Trinajstić information content (AvgIpc) is 2.28. The Hall–Kier alpha value is -0.205. The smallest absolute Gasteiger partial charge is 0.187 e. The second-order valence-electron chi connectivity index (χ2n) is 4.03. The van der Waals surface area contributed by atoms with Crippen molar-refractivity contribution in [1.82, 2.24) is 4.67 Å². The third-order valence-corrected chi connectivity index (χ3v) is 3.05. The van der Waals surface area contributed by atoms with Gasteiger partial charge in [0.1, 0.15) is 5.78 Å². The van der Waals surface area contributed by atoms with Crippen molar-refractivity contribution in [2.75, 3.05) is 13.1 Å². The SMILES string of the molecule is BC(=O)CC(=O)C1CCCCN(P)C1. The predicted octanol–water partition coefficient (Wildman–Crippen LogP) is -0.00250. The lowest BCUT2D eigenvalue weighted by Crippen LogP contribution is -2.26. The molecule has 1 saturated heterocycles. The lowest BCUT2D eigenvalue weighted by Gasteiger charge is -2.17. The molecule has 0 saturated carbocycles. The molecule has 0 spiro atoms. The second kappa shape index (κ2) is 5.62. The molecule has 1 aliphatic rings. The fourth-order valence-electron chi connectivity index (χ4n) is 1.82. The Morgan fingerprint density at radius 3 is 2.79 bits per heavy atom. The first kappa shape index (κ1) is 11.9. The Morgan fingerprint density at radius 2 is 2.14 bits per heavy atom. The van der Waals surface area contributed by atoms with Crippen LogP contribution < -0.4 is 0 Å². The van der Waals surface area contributed by atoms with Crippen molar-refractivity contribution in [2.24, 2.45) is 5.92 Å². The summed E-state index contributed by atoms with van der Waals surface area (Å²) in [5.74, 6) is 0.186. The average molecular weight is 213 g/mol. The number of hydrogen-bond donors (Lipinski definition) is 0. The zero-order valence-corrected chi connectivity index (χ0v) is 9.82. The number of carbonyl (C=O) groups excluding carboxylic acids is 2. The van der Waals surface area contributed by atoms with Crippen LogP contribution in [0.2, 0.25) is 0 Å². The third kappa shape index (κ3) is 3.89. The van der Waals surface area contributed by atoms with Gasteiger partial charge in [-0.1, -0.05) is 15.8 Å². The van der Waals surface area contributed by atoms with Gasteiger partial charge in [-0.2, -0.15) is 0 Å². The highest BCUT2D eigenvalue weighted by atomic mass is 31.0. The summed E-state index contributed by atoms with van der Waals surface area (Å²) in [4.78, 5) is 22.5. The van der Waals surface area contributed by atoms with E-state index in [-0.39, 0.29) is 23.8 Å². The molecule has 1 fully saturated rings. The number of rotatable bonds is 3. The minimum absolute atomic E-state index is 0.0189. The number of ketones is 1. The van der Waals surface area contributed by atoms with Gasteiger partial charge in [-0.05, 0) is 12.8 Å². The molecule has 0 N–H and O–H groups in total. The molecule has 0 aliphatic carbocycles. The van der Waals surface area contributed by atoms with Crippen molar-refractivity contribution in [3.63, 3.8) is 0 Å². The molecule has 1 heterocycles. The van der Waals surface area contributed by atoms with E-state index in [1.165, 1.54) is 7.85 Å². The summed E-state index contributed by atoms with van der Waals surface area (Å²) in [5.41, 5.74) is -0.0189. The Kier molecular flexibility index (Phi) is 4.77. The van der Waals surface area contributed by atoms with Gasteiger partial charge in [0.05, 0.1) is 12.1 Å². The topological polar surface area (TPSA) is 37.4 Å².